The highest BCUT2D eigenvalue weighted by Crippen LogP contribution is 2.35. The fourth-order valence-electron chi connectivity index (χ4n) is 3.01. The van der Waals surface area contributed by atoms with Crippen LogP contribution in [0, 0.1) is 0 Å². The van der Waals surface area contributed by atoms with E-state index < -0.39 is 0 Å². The van der Waals surface area contributed by atoms with E-state index in [1.54, 1.807) is 73.8 Å². The molecule has 0 bridgehead atoms. The lowest BCUT2D eigenvalue weighted by Crippen LogP contribution is -2.11. The Labute approximate surface area is 178 Å². The van der Waals surface area contributed by atoms with Crippen LogP contribution in [0.4, 0.5) is 0 Å². The third kappa shape index (κ3) is 4.21. The fraction of sp³-hybridized carbons (Fsp3) is 0.0833. The van der Waals surface area contributed by atoms with Crippen LogP contribution in [0.3, 0.4) is 0 Å². The number of fused-ring (bicyclic) bond motifs is 1. The summed E-state index contributed by atoms with van der Waals surface area (Å²) in [5.41, 5.74) is 1.73. The van der Waals surface area contributed by atoms with Gasteiger partial charge in [-0.05, 0) is 60.2 Å². The maximum atomic E-state index is 12.6. The highest BCUT2D eigenvalue weighted by molar-refractivity contribution is 6.30. The van der Waals surface area contributed by atoms with E-state index >= 15 is 0 Å². The van der Waals surface area contributed by atoms with Gasteiger partial charge in [0.15, 0.2) is 18.1 Å². The molecule has 6 heteroatoms. The second-order valence-corrected chi connectivity index (χ2v) is 7.03. The number of hydrogen-bond acceptors (Lipinski definition) is 5. The van der Waals surface area contributed by atoms with Crippen LogP contribution < -0.4 is 14.2 Å². The van der Waals surface area contributed by atoms with E-state index in [-0.39, 0.29) is 23.9 Å². The van der Waals surface area contributed by atoms with Crippen LogP contribution in [-0.4, -0.2) is 25.3 Å². The lowest BCUT2D eigenvalue weighted by molar-refractivity contribution is 0.0921. The summed E-state index contributed by atoms with van der Waals surface area (Å²) < 4.78 is 16.4. The molecule has 0 N–H and O–H groups in total. The number of ketones is 2. The molecule has 0 aliphatic carbocycles. The highest BCUT2D eigenvalue weighted by Gasteiger charge is 2.27. The van der Waals surface area contributed by atoms with Gasteiger partial charge in [0.05, 0.1) is 12.7 Å². The molecule has 0 aromatic heterocycles. The Morgan fingerprint density at radius 3 is 2.53 bits per heavy atom. The van der Waals surface area contributed by atoms with Crippen molar-refractivity contribution in [2.45, 2.75) is 0 Å². The van der Waals surface area contributed by atoms with Crippen LogP contribution >= 0.6 is 11.6 Å². The minimum atomic E-state index is -0.217. The lowest BCUT2D eigenvalue weighted by atomic mass is 10.1. The van der Waals surface area contributed by atoms with E-state index in [1.807, 2.05) is 6.07 Å². The van der Waals surface area contributed by atoms with Gasteiger partial charge in [-0.3, -0.25) is 9.59 Å². The lowest BCUT2D eigenvalue weighted by Gasteiger charge is -2.07. The van der Waals surface area contributed by atoms with Gasteiger partial charge in [0.25, 0.3) is 0 Å². The number of hydrogen-bond donors (Lipinski definition) is 0. The smallest absolute Gasteiger partial charge is 0.231 e. The first kappa shape index (κ1) is 19.7. The van der Waals surface area contributed by atoms with Crippen molar-refractivity contribution in [2.24, 2.45) is 0 Å². The van der Waals surface area contributed by atoms with Gasteiger partial charge in [0.2, 0.25) is 5.78 Å². The number of Topliss-reactive ketones (excluding diaryl/α,β-unsaturated/α-hetero) is 2. The zero-order valence-corrected chi connectivity index (χ0v) is 16.8. The Morgan fingerprint density at radius 1 is 1.03 bits per heavy atom. The Bertz CT molecular complexity index is 1150. The Morgan fingerprint density at radius 2 is 1.80 bits per heavy atom. The normalized spacial score (nSPS) is 13.7. The second kappa shape index (κ2) is 8.43. The molecule has 4 rings (SSSR count). The van der Waals surface area contributed by atoms with Crippen LogP contribution in [0.15, 0.2) is 72.5 Å². The molecule has 1 heterocycles. The SMILES string of the molecule is COc1ccc(C(=O)COc2ccc3c(c2)O/C(=C\c2cccc(Cl)c2)C3=O)cc1. The van der Waals surface area contributed by atoms with E-state index in [9.17, 15) is 9.59 Å². The topological polar surface area (TPSA) is 61.8 Å². The highest BCUT2D eigenvalue weighted by atomic mass is 35.5. The van der Waals surface area contributed by atoms with Crippen molar-refractivity contribution in [2.75, 3.05) is 13.7 Å². The maximum absolute atomic E-state index is 12.6. The molecule has 0 fully saturated rings. The quantitative estimate of drug-likeness (QED) is 0.404. The summed E-state index contributed by atoms with van der Waals surface area (Å²) in [6, 6.07) is 18.8. The molecule has 3 aromatic rings. The van der Waals surface area contributed by atoms with Crippen molar-refractivity contribution in [3.8, 4) is 17.2 Å². The number of allylic oxidation sites excluding steroid dienone is 1. The van der Waals surface area contributed by atoms with Crippen molar-refractivity contribution >= 4 is 29.2 Å². The van der Waals surface area contributed by atoms with Crippen LogP contribution in [0.5, 0.6) is 17.2 Å². The molecule has 150 valence electrons. The molecular formula is C24H17ClO5. The molecule has 3 aromatic carbocycles. The summed E-state index contributed by atoms with van der Waals surface area (Å²) in [5, 5.41) is 0.574. The zero-order chi connectivity index (χ0) is 21.1. The number of carbonyl (C=O) groups is 2. The molecule has 0 amide bonds. The van der Waals surface area contributed by atoms with E-state index in [1.165, 1.54) is 0 Å². The third-order valence-electron chi connectivity index (χ3n) is 4.57. The molecule has 1 aliphatic rings. The van der Waals surface area contributed by atoms with E-state index in [0.29, 0.717) is 33.4 Å². The summed E-state index contributed by atoms with van der Waals surface area (Å²) in [6.45, 7) is -0.135. The summed E-state index contributed by atoms with van der Waals surface area (Å²) in [5.74, 6) is 1.32. The second-order valence-electron chi connectivity index (χ2n) is 6.59. The van der Waals surface area contributed by atoms with Crippen molar-refractivity contribution in [1.29, 1.82) is 0 Å². The van der Waals surface area contributed by atoms with Gasteiger partial charge in [0, 0.05) is 16.7 Å². The van der Waals surface area contributed by atoms with Crippen molar-refractivity contribution in [3.63, 3.8) is 0 Å². The minimum Gasteiger partial charge on any atom is -0.497 e. The first-order valence-electron chi connectivity index (χ1n) is 9.17. The van der Waals surface area contributed by atoms with Crippen LogP contribution in [0.1, 0.15) is 26.3 Å². The average Bonchev–Trinajstić information content (AvgIpc) is 3.06. The van der Waals surface area contributed by atoms with Gasteiger partial charge in [-0.15, -0.1) is 0 Å². The molecule has 1 aliphatic heterocycles. The van der Waals surface area contributed by atoms with E-state index in [4.69, 9.17) is 25.8 Å². The monoisotopic (exact) mass is 420 g/mol. The molecule has 0 atom stereocenters. The summed E-state index contributed by atoms with van der Waals surface area (Å²) in [6.07, 6.45) is 1.64. The zero-order valence-electron chi connectivity index (χ0n) is 16.1. The minimum absolute atomic E-state index is 0.135. The molecule has 0 saturated carbocycles. The Balaban J connectivity index is 1.45. The van der Waals surface area contributed by atoms with Gasteiger partial charge < -0.3 is 14.2 Å². The number of carbonyl (C=O) groups excluding carboxylic acids is 2. The van der Waals surface area contributed by atoms with Gasteiger partial charge >= 0.3 is 0 Å². The first-order valence-corrected chi connectivity index (χ1v) is 9.55. The third-order valence-corrected chi connectivity index (χ3v) is 4.80. The number of benzene rings is 3. The van der Waals surface area contributed by atoms with Crippen LogP contribution in [0.25, 0.3) is 6.08 Å². The number of rotatable bonds is 6. The molecular weight excluding hydrogens is 404 g/mol. The Hall–Kier alpha value is -3.57. The van der Waals surface area contributed by atoms with Crippen LogP contribution in [-0.2, 0) is 0 Å². The van der Waals surface area contributed by atoms with Crippen molar-refractivity contribution in [3.05, 3.63) is 94.2 Å². The molecule has 0 radical (unpaired) electrons. The largest absolute Gasteiger partial charge is 0.497 e. The fourth-order valence-corrected chi connectivity index (χ4v) is 3.21. The first-order chi connectivity index (χ1) is 14.5. The van der Waals surface area contributed by atoms with Crippen molar-refractivity contribution in [1.82, 2.24) is 0 Å². The van der Waals surface area contributed by atoms with E-state index in [2.05, 4.69) is 0 Å². The number of halogens is 1. The van der Waals surface area contributed by atoms with Gasteiger partial charge in [-0.25, -0.2) is 0 Å². The molecule has 0 spiro atoms. The maximum Gasteiger partial charge on any atom is 0.231 e. The Kier molecular flexibility index (Phi) is 5.55. The van der Waals surface area contributed by atoms with E-state index in [0.717, 1.165) is 5.56 Å². The van der Waals surface area contributed by atoms with Gasteiger partial charge in [-0.1, -0.05) is 23.7 Å². The summed E-state index contributed by atoms with van der Waals surface area (Å²) >= 11 is 5.99. The molecule has 5 nitrogen and oxygen atoms in total. The average molecular weight is 421 g/mol. The molecule has 30 heavy (non-hydrogen) atoms. The number of methoxy groups -OCH3 is 1. The van der Waals surface area contributed by atoms with Gasteiger partial charge in [0.1, 0.15) is 17.2 Å². The van der Waals surface area contributed by atoms with Crippen molar-refractivity contribution < 1.29 is 23.8 Å². The van der Waals surface area contributed by atoms with Gasteiger partial charge in [-0.2, -0.15) is 0 Å². The van der Waals surface area contributed by atoms with Crippen LogP contribution in [0.2, 0.25) is 5.02 Å². The number of ether oxygens (including phenoxy) is 3. The summed E-state index contributed by atoms with van der Waals surface area (Å²) in [4.78, 5) is 24.9. The summed E-state index contributed by atoms with van der Waals surface area (Å²) in [7, 11) is 1.57. The molecule has 0 saturated heterocycles. The predicted octanol–water partition coefficient (Wildman–Crippen LogP) is 5.23. The molecule has 0 unspecified atom stereocenters. The standard InChI is InChI=1S/C24H17ClO5/c1-28-18-7-5-16(6-8-18)21(26)14-29-19-9-10-20-22(13-19)30-23(24(20)27)12-15-3-2-4-17(25)11-15/h2-13H,14H2,1H3/b23-12-. The predicted molar refractivity (Wildman–Crippen MR) is 114 cm³/mol.